The van der Waals surface area contributed by atoms with Crippen molar-refractivity contribution in [1.82, 2.24) is 15.7 Å². The number of carboxylic acids is 1. The number of carbonyl (C=O) groups excluding carboxylic acids is 3. The number of nitrogens with one attached hydrogen (secondary N) is 2. The molecule has 2 aromatic rings. The number of hydroxylamine groups is 2. The topological polar surface area (TPSA) is 158 Å². The number of furan rings is 1. The van der Waals surface area contributed by atoms with Gasteiger partial charge in [0.25, 0.3) is 5.91 Å². The number of nitrogens with zero attached hydrogens (tertiary/aromatic N) is 1. The fourth-order valence-electron chi connectivity index (χ4n) is 4.01. The van der Waals surface area contributed by atoms with Crippen molar-refractivity contribution >= 4 is 24.2 Å². The van der Waals surface area contributed by atoms with E-state index in [4.69, 9.17) is 9.15 Å². The molecule has 0 spiro atoms. The monoisotopic (exact) mass is 517 g/mol. The molecule has 0 saturated heterocycles. The van der Waals surface area contributed by atoms with E-state index >= 15 is 0 Å². The van der Waals surface area contributed by atoms with Gasteiger partial charge in [-0.15, -0.1) is 0 Å². The average molecular weight is 518 g/mol. The largest absolute Gasteiger partial charge is 0.494 e. The molecule has 2 rings (SSSR count). The van der Waals surface area contributed by atoms with E-state index in [9.17, 15) is 29.5 Å². The zero-order chi connectivity index (χ0) is 27.4. The van der Waals surface area contributed by atoms with Gasteiger partial charge in [-0.1, -0.05) is 33.1 Å². The van der Waals surface area contributed by atoms with E-state index in [0.717, 1.165) is 19.3 Å². The summed E-state index contributed by atoms with van der Waals surface area (Å²) in [6.07, 6.45) is 3.77. The van der Waals surface area contributed by atoms with Gasteiger partial charge in [0, 0.05) is 5.56 Å². The highest BCUT2D eigenvalue weighted by molar-refractivity contribution is 5.93. The molecule has 0 aliphatic rings. The summed E-state index contributed by atoms with van der Waals surface area (Å²) in [5, 5.41) is 25.0. The number of ether oxygens (including phenoxy) is 1. The van der Waals surface area contributed by atoms with Crippen molar-refractivity contribution in [3.63, 3.8) is 0 Å². The summed E-state index contributed by atoms with van der Waals surface area (Å²) in [7, 11) is 0. The van der Waals surface area contributed by atoms with Crippen LogP contribution in [0.5, 0.6) is 5.75 Å². The highest BCUT2D eigenvalue weighted by Gasteiger charge is 2.30. The maximum Gasteiger partial charge on any atom is 0.335 e. The lowest BCUT2D eigenvalue weighted by molar-refractivity contribution is -0.168. The first kappa shape index (κ1) is 29.4. The molecular weight excluding hydrogens is 482 g/mol. The normalized spacial score (nSPS) is 12.3. The standard InChI is InChI=1S/C26H35N3O8/c1-4-7-8-9-20(21(5-2)29(35)16-30)24(31)27-15-28-25(32)23-11-10-22(37-23)17-12-18(26(33)34)14-19(13-17)36-6-3/h10-14,16,20-21,35H,4-9,15H2,1-3H3,(H,27,31)(H,28,32)(H,33,34)/t20?,21-/m1/s1. The number of carboxylic acid groups (broad SMARTS) is 1. The quantitative estimate of drug-likeness (QED) is 0.0863. The molecule has 0 radical (unpaired) electrons. The molecule has 1 heterocycles. The van der Waals surface area contributed by atoms with Gasteiger partial charge in [0.05, 0.1) is 30.8 Å². The van der Waals surface area contributed by atoms with Crippen LogP contribution in [0, 0.1) is 5.92 Å². The molecule has 0 bridgehead atoms. The minimum absolute atomic E-state index is 0.0148. The number of carbonyl (C=O) groups is 4. The number of benzene rings is 1. The molecule has 0 aliphatic heterocycles. The zero-order valence-corrected chi connectivity index (χ0v) is 21.4. The van der Waals surface area contributed by atoms with Gasteiger partial charge in [0.2, 0.25) is 12.3 Å². The first-order chi connectivity index (χ1) is 17.7. The van der Waals surface area contributed by atoms with E-state index in [1.165, 1.54) is 24.3 Å². The highest BCUT2D eigenvalue weighted by atomic mass is 16.5. The van der Waals surface area contributed by atoms with Gasteiger partial charge < -0.3 is 24.9 Å². The fourth-order valence-corrected chi connectivity index (χ4v) is 4.01. The Labute approximate surface area is 215 Å². The van der Waals surface area contributed by atoms with Crippen molar-refractivity contribution in [3.05, 3.63) is 41.7 Å². The van der Waals surface area contributed by atoms with Crippen LogP contribution in [0.4, 0.5) is 0 Å². The van der Waals surface area contributed by atoms with Crippen LogP contribution in [0.2, 0.25) is 0 Å². The number of hydrogen-bond donors (Lipinski definition) is 4. The van der Waals surface area contributed by atoms with Gasteiger partial charge in [-0.25, -0.2) is 9.86 Å². The van der Waals surface area contributed by atoms with Gasteiger partial charge >= 0.3 is 5.97 Å². The highest BCUT2D eigenvalue weighted by Crippen LogP contribution is 2.28. The SMILES string of the molecule is CCCCCC(C(=O)NCNC(=O)c1ccc(-c2cc(OCC)cc(C(=O)O)c2)o1)[C@@H](CC)N(O)C=O. The maximum atomic E-state index is 12.8. The molecule has 1 unspecified atom stereocenters. The van der Waals surface area contributed by atoms with E-state index in [-0.39, 0.29) is 30.2 Å². The number of rotatable bonds is 16. The van der Waals surface area contributed by atoms with Crippen molar-refractivity contribution < 1.29 is 38.6 Å². The number of amides is 3. The third kappa shape index (κ3) is 8.35. The van der Waals surface area contributed by atoms with Gasteiger partial charge in [-0.3, -0.25) is 19.6 Å². The van der Waals surface area contributed by atoms with E-state index in [1.807, 2.05) is 6.92 Å². The number of aromatic carboxylic acids is 1. The van der Waals surface area contributed by atoms with Crippen molar-refractivity contribution in [2.75, 3.05) is 13.3 Å². The molecular formula is C26H35N3O8. The molecule has 37 heavy (non-hydrogen) atoms. The first-order valence-corrected chi connectivity index (χ1v) is 12.3. The minimum Gasteiger partial charge on any atom is -0.494 e. The minimum atomic E-state index is -1.13. The second-order valence-corrected chi connectivity index (χ2v) is 8.44. The summed E-state index contributed by atoms with van der Waals surface area (Å²) in [4.78, 5) is 47.9. The van der Waals surface area contributed by atoms with Crippen LogP contribution in [0.25, 0.3) is 11.3 Å². The van der Waals surface area contributed by atoms with Crippen molar-refractivity contribution in [2.24, 2.45) is 5.92 Å². The Kier molecular flexibility index (Phi) is 11.6. The lowest BCUT2D eigenvalue weighted by Gasteiger charge is -2.29. The lowest BCUT2D eigenvalue weighted by atomic mass is 9.90. The van der Waals surface area contributed by atoms with Gasteiger partial charge in [0.15, 0.2) is 5.76 Å². The van der Waals surface area contributed by atoms with Crippen LogP contribution in [0.3, 0.4) is 0 Å². The lowest BCUT2D eigenvalue weighted by Crippen LogP contribution is -2.47. The molecule has 1 aromatic heterocycles. The van der Waals surface area contributed by atoms with Crippen LogP contribution < -0.4 is 15.4 Å². The third-order valence-electron chi connectivity index (χ3n) is 5.88. The van der Waals surface area contributed by atoms with Crippen LogP contribution in [-0.2, 0) is 9.59 Å². The molecule has 11 nitrogen and oxygen atoms in total. The van der Waals surface area contributed by atoms with Crippen molar-refractivity contribution in [3.8, 4) is 17.1 Å². The zero-order valence-electron chi connectivity index (χ0n) is 21.4. The summed E-state index contributed by atoms with van der Waals surface area (Å²) < 4.78 is 11.0. The van der Waals surface area contributed by atoms with Crippen LogP contribution in [0.15, 0.2) is 34.7 Å². The Hall–Kier alpha value is -3.86. The van der Waals surface area contributed by atoms with Crippen molar-refractivity contribution in [2.45, 2.75) is 58.9 Å². The molecule has 2 atom stereocenters. The maximum absolute atomic E-state index is 12.8. The summed E-state index contributed by atoms with van der Waals surface area (Å²) in [5.41, 5.74) is 0.445. The van der Waals surface area contributed by atoms with E-state index in [0.29, 0.717) is 35.8 Å². The first-order valence-electron chi connectivity index (χ1n) is 12.3. The number of hydrogen-bond acceptors (Lipinski definition) is 7. The Bertz CT molecular complexity index is 1070. The summed E-state index contributed by atoms with van der Waals surface area (Å²) in [6.45, 7) is 5.75. The van der Waals surface area contributed by atoms with E-state index in [1.54, 1.807) is 19.9 Å². The summed E-state index contributed by atoms with van der Waals surface area (Å²) in [6, 6.07) is 6.73. The van der Waals surface area contributed by atoms with E-state index < -0.39 is 29.7 Å². The Morgan fingerprint density at radius 1 is 1.11 bits per heavy atom. The Morgan fingerprint density at radius 2 is 1.86 bits per heavy atom. The molecule has 1 aromatic carbocycles. The van der Waals surface area contributed by atoms with Crippen LogP contribution in [0.1, 0.15) is 73.8 Å². The smallest absolute Gasteiger partial charge is 0.335 e. The van der Waals surface area contributed by atoms with Gasteiger partial charge in [-0.05, 0) is 50.1 Å². The van der Waals surface area contributed by atoms with Crippen LogP contribution in [-0.4, -0.2) is 58.9 Å². The molecule has 0 saturated carbocycles. The molecule has 202 valence electrons. The summed E-state index contributed by atoms with van der Waals surface area (Å²) >= 11 is 0. The summed E-state index contributed by atoms with van der Waals surface area (Å²) in [5.74, 6) is -2.14. The average Bonchev–Trinajstić information content (AvgIpc) is 3.38. The predicted octanol–water partition coefficient (Wildman–Crippen LogP) is 3.67. The molecule has 11 heteroatoms. The second-order valence-electron chi connectivity index (χ2n) is 8.44. The van der Waals surface area contributed by atoms with E-state index in [2.05, 4.69) is 10.6 Å². The Balaban J connectivity index is 2.05. The van der Waals surface area contributed by atoms with Gasteiger partial charge in [0.1, 0.15) is 11.5 Å². The number of unbranched alkanes of at least 4 members (excludes halogenated alkanes) is 2. The van der Waals surface area contributed by atoms with Crippen LogP contribution >= 0.6 is 0 Å². The van der Waals surface area contributed by atoms with Gasteiger partial charge in [-0.2, -0.15) is 0 Å². The molecule has 0 fully saturated rings. The Morgan fingerprint density at radius 3 is 2.49 bits per heavy atom. The predicted molar refractivity (Wildman–Crippen MR) is 134 cm³/mol. The van der Waals surface area contributed by atoms with Crippen molar-refractivity contribution in [1.29, 1.82) is 0 Å². The fraction of sp³-hybridized carbons (Fsp3) is 0.462. The molecule has 3 amide bonds. The third-order valence-corrected chi connectivity index (χ3v) is 5.88. The molecule has 0 aliphatic carbocycles. The second kappa shape index (κ2) is 14.6. The molecule has 4 N–H and O–H groups in total.